The number of alkyl halides is 3. The molecule has 2 bridgehead atoms. The Morgan fingerprint density at radius 2 is 1.66 bits per heavy atom. The van der Waals surface area contributed by atoms with Crippen LogP contribution >= 0.6 is 0 Å². The number of fused-ring (bicyclic) bond motifs is 2. The van der Waals surface area contributed by atoms with Gasteiger partial charge in [-0.15, -0.1) is 0 Å². The van der Waals surface area contributed by atoms with Crippen LogP contribution in [0.2, 0.25) is 0 Å². The Morgan fingerprint density at radius 3 is 2.18 bits per heavy atom. The molecule has 4 N–H and O–H groups in total. The van der Waals surface area contributed by atoms with Gasteiger partial charge in [0.2, 0.25) is 11.8 Å². The quantitative estimate of drug-likeness (QED) is 0.440. The van der Waals surface area contributed by atoms with Gasteiger partial charge in [-0.25, -0.2) is 4.79 Å². The molecule has 0 spiro atoms. The molecule has 2 unspecified atom stereocenters. The molecule has 2 atom stereocenters. The molecule has 8 nitrogen and oxygen atoms in total. The van der Waals surface area contributed by atoms with Gasteiger partial charge in [0, 0.05) is 43.7 Å². The first-order chi connectivity index (χ1) is 18.0. The highest BCUT2D eigenvalue weighted by Gasteiger charge is 2.41. The molecule has 1 saturated carbocycles. The maximum Gasteiger partial charge on any atom is 0.490 e. The Morgan fingerprint density at radius 1 is 1.05 bits per heavy atom. The number of nitrogens with two attached hydrogens (primary N) is 1. The fourth-order valence-corrected chi connectivity index (χ4v) is 6.17. The predicted octanol–water partition coefficient (Wildman–Crippen LogP) is 3.53. The van der Waals surface area contributed by atoms with Crippen LogP contribution in [-0.2, 0) is 9.59 Å². The number of rotatable bonds is 9. The summed E-state index contributed by atoms with van der Waals surface area (Å²) < 4.78 is 31.7. The minimum Gasteiger partial charge on any atom is -0.475 e. The van der Waals surface area contributed by atoms with Crippen LogP contribution in [0.5, 0.6) is 0 Å². The van der Waals surface area contributed by atoms with Crippen molar-refractivity contribution in [2.45, 2.75) is 82.0 Å². The van der Waals surface area contributed by atoms with Crippen LogP contribution in [0.25, 0.3) is 0 Å². The summed E-state index contributed by atoms with van der Waals surface area (Å²) in [6.07, 6.45) is 4.79. The van der Waals surface area contributed by atoms with E-state index in [9.17, 15) is 27.9 Å². The normalized spacial score (nSPS) is 23.5. The minimum atomic E-state index is -5.08. The van der Waals surface area contributed by atoms with E-state index in [1.54, 1.807) is 6.07 Å². The summed E-state index contributed by atoms with van der Waals surface area (Å²) in [7, 11) is 0. The number of carboxylic acids is 1. The van der Waals surface area contributed by atoms with Gasteiger partial charge in [0.15, 0.2) is 0 Å². The van der Waals surface area contributed by atoms with Crippen molar-refractivity contribution in [2.24, 2.45) is 11.7 Å². The van der Waals surface area contributed by atoms with Gasteiger partial charge >= 0.3 is 12.1 Å². The van der Waals surface area contributed by atoms with Crippen molar-refractivity contribution in [2.75, 3.05) is 26.2 Å². The second kappa shape index (κ2) is 13.4. The maximum atomic E-state index is 12.6. The van der Waals surface area contributed by atoms with Gasteiger partial charge in [-0.2, -0.15) is 13.2 Å². The van der Waals surface area contributed by atoms with Crippen molar-refractivity contribution >= 4 is 17.8 Å². The molecule has 2 aliphatic heterocycles. The largest absolute Gasteiger partial charge is 0.490 e. The van der Waals surface area contributed by atoms with Gasteiger partial charge in [-0.05, 0) is 68.1 Å². The van der Waals surface area contributed by atoms with E-state index in [-0.39, 0.29) is 24.8 Å². The van der Waals surface area contributed by atoms with E-state index in [1.807, 2.05) is 17.0 Å². The smallest absolute Gasteiger partial charge is 0.475 e. The summed E-state index contributed by atoms with van der Waals surface area (Å²) in [6, 6.07) is 8.92. The highest BCUT2D eigenvalue weighted by Crippen LogP contribution is 2.43. The van der Waals surface area contributed by atoms with E-state index in [0.717, 1.165) is 32.5 Å². The molecule has 0 radical (unpaired) electrons. The summed E-state index contributed by atoms with van der Waals surface area (Å²) in [5, 5.41) is 16.4. The van der Waals surface area contributed by atoms with E-state index >= 15 is 0 Å². The standard InChI is InChI=1S/C25H37N3O3.C2HF3O2/c26-25(31)20-7-3-6-19(14-20)21-15-22-8-9-23(16-21)28(22)12-11-27(24(30)10-13-29)17-18-4-1-2-5-18;3-2(4,5)1(6)7/h3,6-7,14,18,21-23,29H,1-2,4-5,8-13,15-17H2,(H2,26,31);(H,6,7). The second-order valence-corrected chi connectivity index (χ2v) is 10.5. The Kier molecular flexibility index (Phi) is 10.6. The Balaban J connectivity index is 0.000000505. The third-order valence-corrected chi connectivity index (χ3v) is 8.03. The van der Waals surface area contributed by atoms with E-state index < -0.39 is 12.1 Å². The Hall–Kier alpha value is -2.66. The molecule has 2 heterocycles. The minimum absolute atomic E-state index is 0.0684. The number of aliphatic hydroxyl groups excluding tert-OH is 1. The summed E-state index contributed by atoms with van der Waals surface area (Å²) in [4.78, 5) is 37.7. The van der Waals surface area contributed by atoms with Crippen LogP contribution in [0.1, 0.15) is 79.6 Å². The zero-order chi connectivity index (χ0) is 27.9. The van der Waals surface area contributed by atoms with Gasteiger partial charge in [0.05, 0.1) is 6.61 Å². The molecule has 2 amide bonds. The summed E-state index contributed by atoms with van der Waals surface area (Å²) in [5.41, 5.74) is 7.30. The van der Waals surface area contributed by atoms with Gasteiger partial charge in [-0.1, -0.05) is 25.0 Å². The lowest BCUT2D eigenvalue weighted by Gasteiger charge is -2.40. The molecule has 3 fully saturated rings. The number of aliphatic carboxylic acids is 1. The molecule has 4 rings (SSSR count). The molecule has 1 aliphatic carbocycles. The predicted molar refractivity (Wildman–Crippen MR) is 134 cm³/mol. The van der Waals surface area contributed by atoms with Crippen LogP contribution in [0.4, 0.5) is 13.2 Å². The van der Waals surface area contributed by atoms with Crippen LogP contribution < -0.4 is 5.73 Å². The van der Waals surface area contributed by atoms with Crippen molar-refractivity contribution in [3.05, 3.63) is 35.4 Å². The summed E-state index contributed by atoms with van der Waals surface area (Å²) >= 11 is 0. The molecular formula is C27H38F3N3O5. The van der Waals surface area contributed by atoms with Crippen LogP contribution in [-0.4, -0.2) is 82.3 Å². The summed E-state index contributed by atoms with van der Waals surface area (Å²) in [6.45, 7) is 2.48. The number of piperidine rings is 1. The van der Waals surface area contributed by atoms with E-state index in [0.29, 0.717) is 29.5 Å². The van der Waals surface area contributed by atoms with Crippen molar-refractivity contribution in [1.82, 2.24) is 9.80 Å². The Bertz CT molecular complexity index is 954. The number of halogens is 3. The molecule has 1 aromatic carbocycles. The van der Waals surface area contributed by atoms with Crippen molar-refractivity contribution < 1.29 is 37.8 Å². The van der Waals surface area contributed by atoms with Crippen molar-refractivity contribution in [1.29, 1.82) is 0 Å². The highest BCUT2D eigenvalue weighted by molar-refractivity contribution is 5.92. The molecule has 0 aromatic heterocycles. The lowest BCUT2D eigenvalue weighted by atomic mass is 9.84. The number of nitrogens with zero attached hydrogens (tertiary/aromatic N) is 2. The fourth-order valence-electron chi connectivity index (χ4n) is 6.17. The molecule has 212 valence electrons. The maximum absolute atomic E-state index is 12.6. The molecule has 2 saturated heterocycles. The third kappa shape index (κ3) is 8.17. The zero-order valence-corrected chi connectivity index (χ0v) is 21.5. The van der Waals surface area contributed by atoms with Crippen molar-refractivity contribution in [3.8, 4) is 0 Å². The molecule has 38 heavy (non-hydrogen) atoms. The first-order valence-corrected chi connectivity index (χ1v) is 13.3. The lowest BCUT2D eigenvalue weighted by Crippen LogP contribution is -2.47. The van der Waals surface area contributed by atoms with Crippen LogP contribution in [0.3, 0.4) is 0 Å². The van der Waals surface area contributed by atoms with Crippen LogP contribution in [0, 0.1) is 5.92 Å². The lowest BCUT2D eigenvalue weighted by molar-refractivity contribution is -0.192. The molecule has 11 heteroatoms. The van der Waals surface area contributed by atoms with E-state index in [2.05, 4.69) is 11.0 Å². The fraction of sp³-hybridized carbons (Fsp3) is 0.667. The summed E-state index contributed by atoms with van der Waals surface area (Å²) in [5.74, 6) is -1.93. The van der Waals surface area contributed by atoms with Gasteiger partial charge in [0.25, 0.3) is 0 Å². The molecular weight excluding hydrogens is 503 g/mol. The number of aliphatic hydroxyl groups is 1. The average molecular weight is 542 g/mol. The third-order valence-electron chi connectivity index (χ3n) is 8.03. The van der Waals surface area contributed by atoms with Gasteiger partial charge < -0.3 is 20.8 Å². The molecule has 1 aromatic rings. The van der Waals surface area contributed by atoms with Crippen molar-refractivity contribution in [3.63, 3.8) is 0 Å². The van der Waals surface area contributed by atoms with E-state index in [1.165, 1.54) is 44.1 Å². The number of benzene rings is 1. The Labute approximate surface area is 221 Å². The topological polar surface area (TPSA) is 124 Å². The monoisotopic (exact) mass is 541 g/mol. The number of carbonyl (C=O) groups is 3. The highest BCUT2D eigenvalue weighted by atomic mass is 19.4. The first kappa shape index (κ1) is 29.9. The van der Waals surface area contributed by atoms with Crippen LogP contribution in [0.15, 0.2) is 24.3 Å². The van der Waals surface area contributed by atoms with Gasteiger partial charge in [0.1, 0.15) is 0 Å². The SMILES string of the molecule is NC(=O)c1cccc(C2CC3CCC(C2)N3CCN(CC2CCCC2)C(=O)CCO)c1.O=C(O)C(F)(F)F. The average Bonchev–Trinajstić information content (AvgIpc) is 3.46. The van der Waals surface area contributed by atoms with Gasteiger partial charge in [-0.3, -0.25) is 14.5 Å². The number of hydrogen-bond acceptors (Lipinski definition) is 5. The number of primary amides is 1. The van der Waals surface area contributed by atoms with E-state index in [4.69, 9.17) is 15.6 Å². The number of hydrogen-bond donors (Lipinski definition) is 3. The first-order valence-electron chi connectivity index (χ1n) is 13.3. The zero-order valence-electron chi connectivity index (χ0n) is 21.5. The number of carboxylic acid groups (broad SMARTS) is 1. The number of amides is 2. The number of carbonyl (C=O) groups excluding carboxylic acids is 2. The second-order valence-electron chi connectivity index (χ2n) is 10.5. The molecule has 3 aliphatic rings.